The Morgan fingerprint density at radius 1 is 1.23 bits per heavy atom. The van der Waals surface area contributed by atoms with Crippen molar-refractivity contribution in [3.63, 3.8) is 0 Å². The highest BCUT2D eigenvalue weighted by molar-refractivity contribution is 5.35. The van der Waals surface area contributed by atoms with Crippen LogP contribution in [0.1, 0.15) is 18.4 Å². The van der Waals surface area contributed by atoms with Gasteiger partial charge in [0.25, 0.3) is 0 Å². The maximum Gasteiger partial charge on any atom is 0.320 e. The quantitative estimate of drug-likeness (QED) is 0.811. The van der Waals surface area contributed by atoms with Crippen molar-refractivity contribution in [3.05, 3.63) is 62.9 Å². The van der Waals surface area contributed by atoms with Gasteiger partial charge in [-0.3, -0.25) is 14.2 Å². The largest absolute Gasteiger partial charge is 0.381 e. The highest BCUT2D eigenvalue weighted by atomic mass is 16.5. The van der Waals surface area contributed by atoms with Crippen molar-refractivity contribution in [2.75, 3.05) is 13.2 Å². The van der Waals surface area contributed by atoms with Gasteiger partial charge in [-0.1, -0.05) is 12.1 Å². The summed E-state index contributed by atoms with van der Waals surface area (Å²) in [5.41, 5.74) is 0.780. The van der Waals surface area contributed by atoms with Crippen LogP contribution in [0.2, 0.25) is 0 Å². The van der Waals surface area contributed by atoms with Crippen LogP contribution in [0, 0.1) is 12.8 Å². The Labute approximate surface area is 128 Å². The molecule has 1 saturated heterocycles. The van der Waals surface area contributed by atoms with E-state index in [0.29, 0.717) is 19.1 Å². The molecule has 22 heavy (non-hydrogen) atoms. The lowest BCUT2D eigenvalue weighted by atomic mass is 10.0. The monoisotopic (exact) mass is 300 g/mol. The zero-order chi connectivity index (χ0) is 15.5. The second-order valence-corrected chi connectivity index (χ2v) is 5.85. The summed E-state index contributed by atoms with van der Waals surface area (Å²) >= 11 is 0. The molecule has 0 radical (unpaired) electrons. The Morgan fingerprint density at radius 3 is 2.82 bits per heavy atom. The minimum atomic E-state index is -0.509. The number of nitrogens with zero attached hydrogens (tertiary/aromatic N) is 2. The number of hydrogen-bond acceptors (Lipinski definition) is 3. The molecule has 1 fully saturated rings. The molecule has 1 aliphatic rings. The fraction of sp³-hybridized carbons (Fsp3) is 0.412. The van der Waals surface area contributed by atoms with Gasteiger partial charge in [-0.25, -0.2) is 0 Å². The standard InChI is InChI=1S/C17H20N2O3/c1-13-4-2-6-15(10-13)19-8-7-18(16(20)17(19)21)11-14-5-3-9-22-12-14/h2,4,6-8,10,14H,3,5,9,11-12H2,1H3. The van der Waals surface area contributed by atoms with Crippen LogP contribution in [-0.4, -0.2) is 22.3 Å². The van der Waals surface area contributed by atoms with Gasteiger partial charge < -0.3 is 9.30 Å². The van der Waals surface area contributed by atoms with Crippen molar-refractivity contribution in [1.82, 2.24) is 9.13 Å². The third kappa shape index (κ3) is 3.04. The molecule has 5 heteroatoms. The van der Waals surface area contributed by atoms with E-state index in [4.69, 9.17) is 4.74 Å². The molecule has 0 aliphatic carbocycles. The molecule has 2 aromatic rings. The summed E-state index contributed by atoms with van der Waals surface area (Å²) in [5, 5.41) is 0. The van der Waals surface area contributed by atoms with Crippen LogP contribution in [0.5, 0.6) is 0 Å². The molecule has 0 saturated carbocycles. The van der Waals surface area contributed by atoms with E-state index in [9.17, 15) is 9.59 Å². The number of ether oxygens (including phenoxy) is 1. The Morgan fingerprint density at radius 2 is 2.09 bits per heavy atom. The van der Waals surface area contributed by atoms with E-state index in [1.54, 1.807) is 12.4 Å². The highest BCUT2D eigenvalue weighted by Crippen LogP contribution is 2.14. The van der Waals surface area contributed by atoms with Crippen LogP contribution in [0.15, 0.2) is 46.2 Å². The Balaban J connectivity index is 1.91. The van der Waals surface area contributed by atoms with Gasteiger partial charge in [0.15, 0.2) is 0 Å². The Kier molecular flexibility index (Phi) is 4.24. The van der Waals surface area contributed by atoms with E-state index < -0.39 is 11.1 Å². The van der Waals surface area contributed by atoms with E-state index in [1.165, 1.54) is 9.13 Å². The summed E-state index contributed by atoms with van der Waals surface area (Å²) < 4.78 is 8.35. The van der Waals surface area contributed by atoms with Crippen LogP contribution >= 0.6 is 0 Å². The predicted molar refractivity (Wildman–Crippen MR) is 84.6 cm³/mol. The molecule has 1 aliphatic heterocycles. The topological polar surface area (TPSA) is 53.2 Å². The average molecular weight is 300 g/mol. The van der Waals surface area contributed by atoms with Crippen molar-refractivity contribution < 1.29 is 4.74 Å². The second-order valence-electron chi connectivity index (χ2n) is 5.85. The van der Waals surface area contributed by atoms with Gasteiger partial charge in [-0.05, 0) is 37.5 Å². The first-order valence-corrected chi connectivity index (χ1v) is 7.62. The first-order valence-electron chi connectivity index (χ1n) is 7.62. The maximum absolute atomic E-state index is 12.3. The van der Waals surface area contributed by atoms with Gasteiger partial charge in [0.05, 0.1) is 6.61 Å². The Bertz CT molecular complexity index is 770. The number of benzene rings is 1. The van der Waals surface area contributed by atoms with Crippen LogP contribution in [0.25, 0.3) is 5.69 Å². The maximum atomic E-state index is 12.3. The fourth-order valence-electron chi connectivity index (χ4n) is 2.86. The zero-order valence-electron chi connectivity index (χ0n) is 12.7. The molecule has 0 N–H and O–H groups in total. The summed E-state index contributed by atoms with van der Waals surface area (Å²) in [6, 6.07) is 7.55. The van der Waals surface area contributed by atoms with Crippen molar-refractivity contribution in [1.29, 1.82) is 0 Å². The normalized spacial score (nSPS) is 18.3. The fourth-order valence-corrected chi connectivity index (χ4v) is 2.86. The lowest BCUT2D eigenvalue weighted by Gasteiger charge is -2.22. The molecule has 1 aromatic carbocycles. The first-order chi connectivity index (χ1) is 10.6. The van der Waals surface area contributed by atoms with Gasteiger partial charge in [0, 0.05) is 37.2 Å². The molecule has 5 nitrogen and oxygen atoms in total. The molecular formula is C17H20N2O3. The number of rotatable bonds is 3. The van der Waals surface area contributed by atoms with Crippen LogP contribution in [-0.2, 0) is 11.3 Å². The van der Waals surface area contributed by atoms with Crippen molar-refractivity contribution in [3.8, 4) is 5.69 Å². The number of hydrogen-bond donors (Lipinski definition) is 0. The van der Waals surface area contributed by atoms with Gasteiger partial charge in [0.2, 0.25) is 0 Å². The lowest BCUT2D eigenvalue weighted by Crippen LogP contribution is -2.41. The summed E-state index contributed by atoms with van der Waals surface area (Å²) in [6.07, 6.45) is 5.41. The SMILES string of the molecule is Cc1cccc(-n2ccn(CC3CCCOC3)c(=O)c2=O)c1. The van der Waals surface area contributed by atoms with E-state index in [1.807, 2.05) is 31.2 Å². The van der Waals surface area contributed by atoms with Crippen LogP contribution < -0.4 is 11.1 Å². The summed E-state index contributed by atoms with van der Waals surface area (Å²) in [5.74, 6) is 0.306. The second kappa shape index (κ2) is 6.32. The highest BCUT2D eigenvalue weighted by Gasteiger charge is 2.16. The van der Waals surface area contributed by atoms with Crippen LogP contribution in [0.3, 0.4) is 0 Å². The third-order valence-electron chi connectivity index (χ3n) is 4.05. The smallest absolute Gasteiger partial charge is 0.320 e. The molecular weight excluding hydrogens is 280 g/mol. The van der Waals surface area contributed by atoms with E-state index in [2.05, 4.69) is 0 Å². The van der Waals surface area contributed by atoms with Crippen molar-refractivity contribution in [2.24, 2.45) is 5.92 Å². The van der Waals surface area contributed by atoms with Gasteiger partial charge in [-0.15, -0.1) is 0 Å². The van der Waals surface area contributed by atoms with Crippen LogP contribution in [0.4, 0.5) is 0 Å². The average Bonchev–Trinajstić information content (AvgIpc) is 2.53. The molecule has 1 aromatic heterocycles. The van der Waals surface area contributed by atoms with E-state index in [-0.39, 0.29) is 0 Å². The molecule has 1 unspecified atom stereocenters. The third-order valence-corrected chi connectivity index (χ3v) is 4.05. The molecule has 2 heterocycles. The summed E-state index contributed by atoms with van der Waals surface area (Å²) in [4.78, 5) is 24.7. The molecule has 0 spiro atoms. The minimum absolute atomic E-state index is 0.306. The molecule has 3 rings (SSSR count). The minimum Gasteiger partial charge on any atom is -0.381 e. The van der Waals surface area contributed by atoms with Crippen molar-refractivity contribution in [2.45, 2.75) is 26.3 Å². The molecule has 116 valence electrons. The molecule has 0 amide bonds. The summed E-state index contributed by atoms with van der Waals surface area (Å²) in [6.45, 7) is 3.95. The van der Waals surface area contributed by atoms with Crippen molar-refractivity contribution >= 4 is 0 Å². The first kappa shape index (κ1) is 14.8. The zero-order valence-corrected chi connectivity index (χ0v) is 12.7. The number of aryl methyl sites for hydroxylation is 1. The Hall–Kier alpha value is -2.14. The predicted octanol–water partition coefficient (Wildman–Crippen LogP) is 1.73. The number of aromatic nitrogens is 2. The molecule has 0 bridgehead atoms. The molecule has 1 atom stereocenters. The van der Waals surface area contributed by atoms with Gasteiger partial charge in [-0.2, -0.15) is 0 Å². The van der Waals surface area contributed by atoms with Gasteiger partial charge >= 0.3 is 11.1 Å². The van der Waals surface area contributed by atoms with E-state index >= 15 is 0 Å². The van der Waals surface area contributed by atoms with Gasteiger partial charge in [0.1, 0.15) is 0 Å². The lowest BCUT2D eigenvalue weighted by molar-refractivity contribution is 0.0479. The summed E-state index contributed by atoms with van der Waals surface area (Å²) in [7, 11) is 0. The van der Waals surface area contributed by atoms with E-state index in [0.717, 1.165) is 30.7 Å².